The van der Waals surface area contributed by atoms with E-state index < -0.39 is 0 Å². The number of aryl methyl sites for hydroxylation is 1. The molecule has 1 aliphatic carbocycles. The summed E-state index contributed by atoms with van der Waals surface area (Å²) in [7, 11) is 0. The molecule has 0 saturated heterocycles. The molecule has 2 rings (SSSR count). The predicted octanol–water partition coefficient (Wildman–Crippen LogP) is 3.71. The molecule has 1 saturated carbocycles. The van der Waals surface area contributed by atoms with Crippen molar-refractivity contribution in [1.82, 2.24) is 10.2 Å². The van der Waals surface area contributed by atoms with Gasteiger partial charge in [-0.1, -0.05) is 20.8 Å². The maximum absolute atomic E-state index is 5.88. The van der Waals surface area contributed by atoms with E-state index in [1.807, 2.05) is 0 Å². The molecule has 0 amide bonds. The van der Waals surface area contributed by atoms with Crippen molar-refractivity contribution in [2.75, 3.05) is 13.1 Å². The molecule has 1 fully saturated rings. The number of hydrogen-bond donors (Lipinski definition) is 1. The SMILES string of the molecule is CCCN(Cc1cc(CNC(C)C)oc1C)CC1CC1. The summed E-state index contributed by atoms with van der Waals surface area (Å²) in [4.78, 5) is 2.59. The van der Waals surface area contributed by atoms with Crippen molar-refractivity contribution in [2.45, 2.75) is 66.1 Å². The summed E-state index contributed by atoms with van der Waals surface area (Å²) in [6, 6.07) is 2.73. The Balaban J connectivity index is 1.92. The number of rotatable bonds is 9. The summed E-state index contributed by atoms with van der Waals surface area (Å²) in [6.07, 6.45) is 4.08. The molecule has 1 heterocycles. The van der Waals surface area contributed by atoms with Crippen LogP contribution in [0.4, 0.5) is 0 Å². The van der Waals surface area contributed by atoms with Crippen LogP contribution in [0, 0.1) is 12.8 Å². The van der Waals surface area contributed by atoms with Crippen LogP contribution >= 0.6 is 0 Å². The number of furan rings is 1. The minimum atomic E-state index is 0.496. The normalized spacial score (nSPS) is 15.5. The first-order valence-electron chi connectivity index (χ1n) is 8.12. The lowest BCUT2D eigenvalue weighted by molar-refractivity contribution is 0.253. The Bertz CT molecular complexity index is 407. The molecule has 20 heavy (non-hydrogen) atoms. The van der Waals surface area contributed by atoms with Gasteiger partial charge in [0.2, 0.25) is 0 Å². The van der Waals surface area contributed by atoms with Crippen LogP contribution in [0.5, 0.6) is 0 Å². The topological polar surface area (TPSA) is 28.4 Å². The molecule has 1 aromatic rings. The van der Waals surface area contributed by atoms with Crippen molar-refractivity contribution in [3.63, 3.8) is 0 Å². The molecule has 0 atom stereocenters. The van der Waals surface area contributed by atoms with E-state index in [2.05, 4.69) is 44.0 Å². The summed E-state index contributed by atoms with van der Waals surface area (Å²) in [6.45, 7) is 13.0. The van der Waals surface area contributed by atoms with Crippen LogP contribution in [0.2, 0.25) is 0 Å². The zero-order valence-corrected chi connectivity index (χ0v) is 13.5. The first-order valence-corrected chi connectivity index (χ1v) is 8.12. The van der Waals surface area contributed by atoms with Gasteiger partial charge in [0.05, 0.1) is 6.54 Å². The Morgan fingerprint density at radius 3 is 2.75 bits per heavy atom. The molecule has 0 spiro atoms. The van der Waals surface area contributed by atoms with Crippen molar-refractivity contribution in [2.24, 2.45) is 5.92 Å². The second-order valence-electron chi connectivity index (χ2n) is 6.51. The second kappa shape index (κ2) is 7.28. The molecule has 1 aliphatic rings. The highest BCUT2D eigenvalue weighted by atomic mass is 16.3. The molecule has 1 N–H and O–H groups in total. The van der Waals surface area contributed by atoms with E-state index in [4.69, 9.17) is 4.42 Å². The quantitative estimate of drug-likeness (QED) is 0.746. The number of hydrogen-bond acceptors (Lipinski definition) is 3. The maximum Gasteiger partial charge on any atom is 0.118 e. The fourth-order valence-electron chi connectivity index (χ4n) is 2.59. The monoisotopic (exact) mass is 278 g/mol. The van der Waals surface area contributed by atoms with Gasteiger partial charge < -0.3 is 9.73 Å². The van der Waals surface area contributed by atoms with E-state index in [1.54, 1.807) is 0 Å². The van der Waals surface area contributed by atoms with Gasteiger partial charge in [0.1, 0.15) is 11.5 Å². The third-order valence-electron chi connectivity index (χ3n) is 3.90. The highest BCUT2D eigenvalue weighted by molar-refractivity contribution is 5.20. The highest BCUT2D eigenvalue weighted by Gasteiger charge is 2.24. The van der Waals surface area contributed by atoms with Crippen LogP contribution in [-0.2, 0) is 13.1 Å². The molecular weight excluding hydrogens is 248 g/mol. The molecule has 0 unspecified atom stereocenters. The first-order chi connectivity index (χ1) is 9.58. The molecule has 0 bridgehead atoms. The minimum absolute atomic E-state index is 0.496. The van der Waals surface area contributed by atoms with Gasteiger partial charge in [-0.3, -0.25) is 4.90 Å². The summed E-state index contributed by atoms with van der Waals surface area (Å²) < 4.78 is 5.88. The second-order valence-corrected chi connectivity index (χ2v) is 6.51. The van der Waals surface area contributed by atoms with Gasteiger partial charge in [0.25, 0.3) is 0 Å². The lowest BCUT2D eigenvalue weighted by atomic mass is 10.2. The molecule has 114 valence electrons. The van der Waals surface area contributed by atoms with E-state index in [9.17, 15) is 0 Å². The van der Waals surface area contributed by atoms with Crippen molar-refractivity contribution in [3.8, 4) is 0 Å². The fraction of sp³-hybridized carbons (Fsp3) is 0.765. The van der Waals surface area contributed by atoms with Gasteiger partial charge in [-0.15, -0.1) is 0 Å². The summed E-state index contributed by atoms with van der Waals surface area (Å²) in [5, 5.41) is 3.42. The summed E-state index contributed by atoms with van der Waals surface area (Å²) in [5.41, 5.74) is 1.36. The average Bonchev–Trinajstić information content (AvgIpc) is 3.12. The van der Waals surface area contributed by atoms with Crippen LogP contribution in [0.1, 0.15) is 57.1 Å². The summed E-state index contributed by atoms with van der Waals surface area (Å²) >= 11 is 0. The lowest BCUT2D eigenvalue weighted by Gasteiger charge is -2.21. The molecule has 1 aromatic heterocycles. The molecular formula is C17H30N2O. The van der Waals surface area contributed by atoms with E-state index in [1.165, 1.54) is 37.9 Å². The van der Waals surface area contributed by atoms with Crippen molar-refractivity contribution < 1.29 is 4.42 Å². The van der Waals surface area contributed by atoms with E-state index in [0.717, 1.165) is 30.5 Å². The van der Waals surface area contributed by atoms with Crippen LogP contribution in [0.15, 0.2) is 10.5 Å². The Morgan fingerprint density at radius 1 is 1.40 bits per heavy atom. The van der Waals surface area contributed by atoms with E-state index >= 15 is 0 Å². The Hall–Kier alpha value is -0.800. The fourth-order valence-corrected chi connectivity index (χ4v) is 2.59. The van der Waals surface area contributed by atoms with Crippen LogP contribution < -0.4 is 5.32 Å². The van der Waals surface area contributed by atoms with Crippen molar-refractivity contribution in [1.29, 1.82) is 0 Å². The Kier molecular flexibility index (Phi) is 5.67. The predicted molar refractivity (Wildman–Crippen MR) is 83.7 cm³/mol. The summed E-state index contributed by atoms with van der Waals surface area (Å²) in [5.74, 6) is 3.10. The first kappa shape index (κ1) is 15.6. The molecule has 3 nitrogen and oxygen atoms in total. The van der Waals surface area contributed by atoms with Crippen molar-refractivity contribution >= 4 is 0 Å². The van der Waals surface area contributed by atoms with Gasteiger partial charge in [0.15, 0.2) is 0 Å². The van der Waals surface area contributed by atoms with Gasteiger partial charge in [-0.25, -0.2) is 0 Å². The number of nitrogens with zero attached hydrogens (tertiary/aromatic N) is 1. The van der Waals surface area contributed by atoms with Gasteiger partial charge in [-0.2, -0.15) is 0 Å². The van der Waals surface area contributed by atoms with Crippen molar-refractivity contribution in [3.05, 3.63) is 23.2 Å². The molecule has 0 aliphatic heterocycles. The van der Waals surface area contributed by atoms with Crippen LogP contribution in [0.25, 0.3) is 0 Å². The lowest BCUT2D eigenvalue weighted by Crippen LogP contribution is -2.26. The van der Waals surface area contributed by atoms with Crippen LogP contribution in [0.3, 0.4) is 0 Å². The smallest absolute Gasteiger partial charge is 0.118 e. The highest BCUT2D eigenvalue weighted by Crippen LogP contribution is 2.30. The average molecular weight is 278 g/mol. The molecule has 3 heteroatoms. The van der Waals surface area contributed by atoms with Gasteiger partial charge in [-0.05, 0) is 44.7 Å². The zero-order chi connectivity index (χ0) is 14.5. The van der Waals surface area contributed by atoms with E-state index in [-0.39, 0.29) is 0 Å². The maximum atomic E-state index is 5.88. The Labute approximate surface area is 123 Å². The molecule has 0 aromatic carbocycles. The third-order valence-corrected chi connectivity index (χ3v) is 3.90. The zero-order valence-electron chi connectivity index (χ0n) is 13.5. The minimum Gasteiger partial charge on any atom is -0.465 e. The number of nitrogens with one attached hydrogen (secondary N) is 1. The van der Waals surface area contributed by atoms with Gasteiger partial charge in [0, 0.05) is 24.7 Å². The van der Waals surface area contributed by atoms with Gasteiger partial charge >= 0.3 is 0 Å². The molecule has 0 radical (unpaired) electrons. The largest absolute Gasteiger partial charge is 0.465 e. The standard InChI is InChI=1S/C17H30N2O/c1-5-8-19(11-15-6-7-15)12-16-9-17(20-14(16)4)10-18-13(2)3/h9,13,15,18H,5-8,10-12H2,1-4H3. The third kappa shape index (κ3) is 4.95. The Morgan fingerprint density at radius 2 is 2.15 bits per heavy atom. The van der Waals surface area contributed by atoms with E-state index in [0.29, 0.717) is 6.04 Å². The van der Waals surface area contributed by atoms with Crippen LogP contribution in [-0.4, -0.2) is 24.0 Å².